The number of esters is 1. The summed E-state index contributed by atoms with van der Waals surface area (Å²) in [6.07, 6.45) is -0.459. The van der Waals surface area contributed by atoms with E-state index in [0.29, 0.717) is 5.56 Å². The van der Waals surface area contributed by atoms with Crippen LogP contribution in [0.4, 0.5) is 0 Å². The fraction of sp³-hybridized carbons (Fsp3) is 0.308. The van der Waals surface area contributed by atoms with E-state index in [1.54, 1.807) is 30.3 Å². The van der Waals surface area contributed by atoms with E-state index < -0.39 is 36.4 Å². The zero-order valence-corrected chi connectivity index (χ0v) is 10.9. The summed E-state index contributed by atoms with van der Waals surface area (Å²) < 4.78 is 4.37. The Bertz CT molecular complexity index is 489. The Morgan fingerprint density at radius 2 is 1.90 bits per heavy atom. The third-order valence-electron chi connectivity index (χ3n) is 2.65. The summed E-state index contributed by atoms with van der Waals surface area (Å²) in [5, 5.41) is 11.2. The molecule has 1 aromatic rings. The highest BCUT2D eigenvalue weighted by atomic mass is 16.5. The molecule has 2 atom stereocenters. The standard InChI is InChI=1S/C13H16N2O5/c1-20-10(16)7-9(13(18)19)15-12(17)11(14)8-5-3-2-4-6-8/h2-6,9,11H,7,14H2,1H3,(H,15,17)(H,18,19)/t9-,11?/m0/s1. The predicted molar refractivity (Wildman–Crippen MR) is 69.6 cm³/mol. The number of nitrogens with two attached hydrogens (primary N) is 1. The van der Waals surface area contributed by atoms with Gasteiger partial charge in [-0.15, -0.1) is 0 Å². The Labute approximate surface area is 115 Å². The number of carbonyl (C=O) groups excluding carboxylic acids is 2. The first-order valence-electron chi connectivity index (χ1n) is 5.86. The molecule has 0 saturated heterocycles. The Morgan fingerprint density at radius 3 is 2.40 bits per heavy atom. The number of benzene rings is 1. The summed E-state index contributed by atoms with van der Waals surface area (Å²) in [5.41, 5.74) is 6.28. The molecule has 0 saturated carbocycles. The molecule has 0 radical (unpaired) electrons. The van der Waals surface area contributed by atoms with Crippen molar-refractivity contribution in [2.75, 3.05) is 7.11 Å². The molecular weight excluding hydrogens is 264 g/mol. The largest absolute Gasteiger partial charge is 0.480 e. The maximum absolute atomic E-state index is 11.9. The zero-order chi connectivity index (χ0) is 15.1. The molecule has 0 bridgehead atoms. The normalized spacial score (nSPS) is 13.1. The fourth-order valence-electron chi connectivity index (χ4n) is 1.52. The van der Waals surface area contributed by atoms with Crippen molar-refractivity contribution in [2.24, 2.45) is 5.73 Å². The number of carbonyl (C=O) groups is 3. The molecule has 20 heavy (non-hydrogen) atoms. The number of hydrogen-bond acceptors (Lipinski definition) is 5. The molecule has 0 fully saturated rings. The first-order chi connectivity index (χ1) is 9.45. The fourth-order valence-corrected chi connectivity index (χ4v) is 1.52. The second-order valence-electron chi connectivity index (χ2n) is 4.07. The number of carboxylic acids is 1. The van der Waals surface area contributed by atoms with Gasteiger partial charge in [0.2, 0.25) is 5.91 Å². The van der Waals surface area contributed by atoms with E-state index in [2.05, 4.69) is 10.1 Å². The van der Waals surface area contributed by atoms with Gasteiger partial charge in [0, 0.05) is 0 Å². The first-order valence-corrected chi connectivity index (χ1v) is 5.86. The molecule has 0 spiro atoms. The Balaban J connectivity index is 2.71. The van der Waals surface area contributed by atoms with Gasteiger partial charge in [-0.05, 0) is 5.56 Å². The third kappa shape index (κ3) is 4.36. The topological polar surface area (TPSA) is 119 Å². The minimum atomic E-state index is -1.37. The first kappa shape index (κ1) is 15.6. The van der Waals surface area contributed by atoms with Crippen LogP contribution in [-0.2, 0) is 19.1 Å². The molecule has 1 unspecified atom stereocenters. The number of carboxylic acid groups (broad SMARTS) is 1. The molecule has 0 heterocycles. The van der Waals surface area contributed by atoms with E-state index in [4.69, 9.17) is 10.8 Å². The van der Waals surface area contributed by atoms with Crippen molar-refractivity contribution in [1.29, 1.82) is 0 Å². The van der Waals surface area contributed by atoms with Gasteiger partial charge >= 0.3 is 11.9 Å². The number of rotatable bonds is 6. The average Bonchev–Trinajstić information content (AvgIpc) is 2.46. The maximum atomic E-state index is 11.9. The second kappa shape index (κ2) is 7.25. The molecule has 0 aliphatic rings. The van der Waals surface area contributed by atoms with Gasteiger partial charge in [-0.1, -0.05) is 30.3 Å². The molecular formula is C13H16N2O5. The van der Waals surface area contributed by atoms with Gasteiger partial charge in [0.15, 0.2) is 0 Å². The summed E-state index contributed by atoms with van der Waals surface area (Å²) in [6.45, 7) is 0. The van der Waals surface area contributed by atoms with Crippen LogP contribution in [0.3, 0.4) is 0 Å². The third-order valence-corrected chi connectivity index (χ3v) is 2.65. The second-order valence-corrected chi connectivity index (χ2v) is 4.07. The van der Waals surface area contributed by atoms with Crippen LogP contribution in [0, 0.1) is 0 Å². The summed E-state index contributed by atoms with van der Waals surface area (Å²) in [5.74, 6) is -2.73. The van der Waals surface area contributed by atoms with E-state index in [-0.39, 0.29) is 0 Å². The average molecular weight is 280 g/mol. The smallest absolute Gasteiger partial charge is 0.326 e. The van der Waals surface area contributed by atoms with Crippen LogP contribution >= 0.6 is 0 Å². The van der Waals surface area contributed by atoms with Crippen molar-refractivity contribution < 1.29 is 24.2 Å². The SMILES string of the molecule is COC(=O)C[C@H](NC(=O)C(N)c1ccccc1)C(=O)O. The molecule has 7 heteroatoms. The van der Waals surface area contributed by atoms with Crippen molar-refractivity contribution in [3.05, 3.63) is 35.9 Å². The van der Waals surface area contributed by atoms with Crippen LogP contribution in [0.1, 0.15) is 18.0 Å². The van der Waals surface area contributed by atoms with E-state index in [1.165, 1.54) is 0 Å². The monoisotopic (exact) mass is 280 g/mol. The van der Waals surface area contributed by atoms with Crippen molar-refractivity contribution >= 4 is 17.8 Å². The van der Waals surface area contributed by atoms with Crippen LogP contribution < -0.4 is 11.1 Å². The molecule has 1 aromatic carbocycles. The van der Waals surface area contributed by atoms with Gasteiger partial charge in [0.1, 0.15) is 12.1 Å². The quantitative estimate of drug-likeness (QED) is 0.622. The summed E-state index contributed by atoms with van der Waals surface area (Å²) in [4.78, 5) is 33.9. The lowest BCUT2D eigenvalue weighted by atomic mass is 10.1. The van der Waals surface area contributed by atoms with Crippen LogP contribution in [-0.4, -0.2) is 36.1 Å². The maximum Gasteiger partial charge on any atom is 0.326 e. The zero-order valence-electron chi connectivity index (χ0n) is 10.9. The number of amides is 1. The summed E-state index contributed by atoms with van der Waals surface area (Å²) >= 11 is 0. The Hall–Kier alpha value is -2.41. The number of hydrogen-bond donors (Lipinski definition) is 3. The van der Waals surface area contributed by atoms with Crippen molar-refractivity contribution in [2.45, 2.75) is 18.5 Å². The highest BCUT2D eigenvalue weighted by Gasteiger charge is 2.26. The molecule has 4 N–H and O–H groups in total. The predicted octanol–water partition coefficient (Wildman–Crippen LogP) is -0.181. The molecule has 0 aliphatic carbocycles. The van der Waals surface area contributed by atoms with Gasteiger partial charge in [0.25, 0.3) is 0 Å². The number of nitrogens with one attached hydrogen (secondary N) is 1. The van der Waals surface area contributed by atoms with Crippen molar-refractivity contribution in [3.63, 3.8) is 0 Å². The highest BCUT2D eigenvalue weighted by molar-refractivity contribution is 5.89. The van der Waals surface area contributed by atoms with Crippen molar-refractivity contribution in [1.82, 2.24) is 5.32 Å². The van der Waals surface area contributed by atoms with E-state index in [0.717, 1.165) is 7.11 Å². The van der Waals surface area contributed by atoms with Crippen molar-refractivity contribution in [3.8, 4) is 0 Å². The molecule has 0 aliphatic heterocycles. The van der Waals surface area contributed by atoms with Crippen LogP contribution in [0.5, 0.6) is 0 Å². The van der Waals surface area contributed by atoms with E-state index in [1.807, 2.05) is 0 Å². The lowest BCUT2D eigenvalue weighted by molar-refractivity contribution is -0.148. The van der Waals surface area contributed by atoms with Gasteiger partial charge in [0.05, 0.1) is 13.5 Å². The lowest BCUT2D eigenvalue weighted by Gasteiger charge is -2.17. The van der Waals surface area contributed by atoms with Gasteiger partial charge in [-0.2, -0.15) is 0 Å². The Morgan fingerprint density at radius 1 is 1.30 bits per heavy atom. The number of methoxy groups -OCH3 is 1. The summed E-state index contributed by atoms with van der Waals surface area (Å²) in [7, 11) is 1.14. The van der Waals surface area contributed by atoms with E-state index in [9.17, 15) is 14.4 Å². The number of aliphatic carboxylic acids is 1. The van der Waals surface area contributed by atoms with Gasteiger partial charge in [-0.25, -0.2) is 4.79 Å². The molecule has 7 nitrogen and oxygen atoms in total. The molecule has 108 valence electrons. The van der Waals surface area contributed by atoms with Gasteiger partial charge in [-0.3, -0.25) is 9.59 Å². The Kier molecular flexibility index (Phi) is 5.67. The van der Waals surface area contributed by atoms with Crippen LogP contribution in [0.25, 0.3) is 0 Å². The highest BCUT2D eigenvalue weighted by Crippen LogP contribution is 2.10. The number of ether oxygens (including phenoxy) is 1. The van der Waals surface area contributed by atoms with Gasteiger partial charge < -0.3 is 20.9 Å². The lowest BCUT2D eigenvalue weighted by Crippen LogP contribution is -2.46. The molecule has 1 amide bonds. The minimum absolute atomic E-state index is 0.459. The molecule has 1 rings (SSSR count). The summed E-state index contributed by atoms with van der Waals surface area (Å²) in [6, 6.07) is 6.13. The molecule has 0 aromatic heterocycles. The van der Waals surface area contributed by atoms with E-state index >= 15 is 0 Å². The minimum Gasteiger partial charge on any atom is -0.480 e. The van der Waals surface area contributed by atoms with Crippen LogP contribution in [0.15, 0.2) is 30.3 Å². The van der Waals surface area contributed by atoms with Crippen LogP contribution in [0.2, 0.25) is 0 Å².